The fourth-order valence-corrected chi connectivity index (χ4v) is 1.81. The maximum absolute atomic E-state index is 10.9. The third kappa shape index (κ3) is 0.904. The van der Waals surface area contributed by atoms with Gasteiger partial charge in [-0.3, -0.25) is 4.79 Å². The SMILES string of the molecule is O=C1CC[C@@H]2NCC[C@@H]2N1. The van der Waals surface area contributed by atoms with Crippen molar-refractivity contribution in [1.82, 2.24) is 10.6 Å². The third-order valence-electron chi connectivity index (χ3n) is 2.38. The number of hydrogen-bond donors (Lipinski definition) is 2. The minimum absolute atomic E-state index is 0.227. The second-order valence-corrected chi connectivity index (χ2v) is 3.06. The van der Waals surface area contributed by atoms with E-state index in [4.69, 9.17) is 0 Å². The first-order valence-electron chi connectivity index (χ1n) is 3.89. The van der Waals surface area contributed by atoms with E-state index in [2.05, 4.69) is 10.6 Å². The van der Waals surface area contributed by atoms with Gasteiger partial charge in [0, 0.05) is 18.5 Å². The zero-order valence-electron chi connectivity index (χ0n) is 5.89. The van der Waals surface area contributed by atoms with Crippen LogP contribution in [0.4, 0.5) is 0 Å². The molecule has 0 saturated carbocycles. The summed E-state index contributed by atoms with van der Waals surface area (Å²) in [6, 6.07) is 0.999. The number of nitrogens with one attached hydrogen (secondary N) is 2. The first kappa shape index (κ1) is 6.16. The standard InChI is InChI=1S/C7H12N2O/c10-7-2-1-5-6(9-7)3-4-8-5/h5-6,8H,1-4H2,(H,9,10)/t5-,6-/m0/s1. The van der Waals surface area contributed by atoms with Gasteiger partial charge in [-0.05, 0) is 19.4 Å². The molecule has 1 amide bonds. The van der Waals surface area contributed by atoms with Gasteiger partial charge in [0.15, 0.2) is 0 Å². The lowest BCUT2D eigenvalue weighted by Gasteiger charge is -2.25. The van der Waals surface area contributed by atoms with Crippen molar-refractivity contribution >= 4 is 5.91 Å². The molecule has 0 bridgehead atoms. The maximum Gasteiger partial charge on any atom is 0.220 e. The summed E-state index contributed by atoms with van der Waals surface area (Å²) >= 11 is 0. The fourth-order valence-electron chi connectivity index (χ4n) is 1.81. The molecule has 0 radical (unpaired) electrons. The number of fused-ring (bicyclic) bond motifs is 1. The predicted octanol–water partition coefficient (Wildman–Crippen LogP) is -0.373. The van der Waals surface area contributed by atoms with Crippen LogP contribution in [-0.4, -0.2) is 24.5 Å². The Kier molecular flexibility index (Phi) is 1.38. The topological polar surface area (TPSA) is 41.1 Å². The molecule has 0 aromatic carbocycles. The van der Waals surface area contributed by atoms with E-state index >= 15 is 0 Å². The lowest BCUT2D eigenvalue weighted by atomic mass is 10.00. The Morgan fingerprint density at radius 1 is 1.30 bits per heavy atom. The van der Waals surface area contributed by atoms with Crippen molar-refractivity contribution in [2.24, 2.45) is 0 Å². The van der Waals surface area contributed by atoms with Crippen LogP contribution < -0.4 is 10.6 Å². The summed E-state index contributed by atoms with van der Waals surface area (Å²) in [5.41, 5.74) is 0. The molecule has 3 heteroatoms. The predicted molar refractivity (Wildman–Crippen MR) is 37.6 cm³/mol. The molecule has 2 N–H and O–H groups in total. The highest BCUT2D eigenvalue weighted by molar-refractivity contribution is 5.77. The van der Waals surface area contributed by atoms with Crippen LogP contribution in [0.25, 0.3) is 0 Å². The molecule has 2 aliphatic rings. The monoisotopic (exact) mass is 140 g/mol. The van der Waals surface area contributed by atoms with Gasteiger partial charge in [-0.1, -0.05) is 0 Å². The number of rotatable bonds is 0. The molecule has 0 unspecified atom stereocenters. The molecule has 2 heterocycles. The molecule has 2 rings (SSSR count). The molecule has 2 aliphatic heterocycles. The van der Waals surface area contributed by atoms with Crippen molar-refractivity contribution in [1.29, 1.82) is 0 Å². The molecule has 56 valence electrons. The Hall–Kier alpha value is -0.570. The van der Waals surface area contributed by atoms with Gasteiger partial charge in [0.2, 0.25) is 5.91 Å². The summed E-state index contributed by atoms with van der Waals surface area (Å²) < 4.78 is 0. The van der Waals surface area contributed by atoms with Crippen LogP contribution in [0.1, 0.15) is 19.3 Å². The zero-order valence-corrected chi connectivity index (χ0v) is 5.89. The van der Waals surface area contributed by atoms with Crippen LogP contribution in [0.3, 0.4) is 0 Å². The van der Waals surface area contributed by atoms with E-state index in [1.54, 1.807) is 0 Å². The van der Waals surface area contributed by atoms with Crippen molar-refractivity contribution in [2.45, 2.75) is 31.3 Å². The summed E-state index contributed by atoms with van der Waals surface area (Å²) in [7, 11) is 0. The lowest BCUT2D eigenvalue weighted by Crippen LogP contribution is -2.48. The molecule has 10 heavy (non-hydrogen) atoms. The van der Waals surface area contributed by atoms with E-state index in [9.17, 15) is 4.79 Å². The third-order valence-corrected chi connectivity index (χ3v) is 2.38. The normalized spacial score (nSPS) is 39.0. The average Bonchev–Trinajstić information content (AvgIpc) is 2.33. The Morgan fingerprint density at radius 2 is 2.20 bits per heavy atom. The highest BCUT2D eigenvalue weighted by atomic mass is 16.1. The van der Waals surface area contributed by atoms with Crippen LogP contribution in [0.5, 0.6) is 0 Å². The summed E-state index contributed by atoms with van der Waals surface area (Å²) in [5.74, 6) is 0.227. The van der Waals surface area contributed by atoms with Gasteiger partial charge in [-0.2, -0.15) is 0 Å². The zero-order chi connectivity index (χ0) is 6.97. The van der Waals surface area contributed by atoms with Gasteiger partial charge in [-0.25, -0.2) is 0 Å². The summed E-state index contributed by atoms with van der Waals surface area (Å²) in [5, 5.41) is 6.34. The number of piperidine rings is 1. The first-order chi connectivity index (χ1) is 4.86. The van der Waals surface area contributed by atoms with Crippen molar-refractivity contribution in [2.75, 3.05) is 6.54 Å². The number of hydrogen-bond acceptors (Lipinski definition) is 2. The first-order valence-corrected chi connectivity index (χ1v) is 3.89. The Morgan fingerprint density at radius 3 is 3.10 bits per heavy atom. The van der Waals surface area contributed by atoms with E-state index in [1.165, 1.54) is 0 Å². The lowest BCUT2D eigenvalue weighted by molar-refractivity contribution is -0.123. The second kappa shape index (κ2) is 2.23. The highest BCUT2D eigenvalue weighted by Gasteiger charge is 2.31. The Bertz CT molecular complexity index is 158. The van der Waals surface area contributed by atoms with Crippen molar-refractivity contribution in [3.05, 3.63) is 0 Å². The van der Waals surface area contributed by atoms with Crippen molar-refractivity contribution in [3.8, 4) is 0 Å². The van der Waals surface area contributed by atoms with Gasteiger partial charge in [-0.15, -0.1) is 0 Å². The molecule has 0 aromatic heterocycles. The van der Waals surface area contributed by atoms with Crippen molar-refractivity contribution < 1.29 is 4.79 Å². The van der Waals surface area contributed by atoms with Gasteiger partial charge < -0.3 is 10.6 Å². The molecule has 3 nitrogen and oxygen atoms in total. The molecule has 2 saturated heterocycles. The van der Waals surface area contributed by atoms with Crippen LogP contribution in [0.2, 0.25) is 0 Å². The maximum atomic E-state index is 10.9. The summed E-state index contributed by atoms with van der Waals surface area (Å²) in [4.78, 5) is 10.9. The molecule has 2 fully saturated rings. The number of carbonyl (C=O) groups excluding carboxylic acids is 1. The van der Waals surface area contributed by atoms with E-state index < -0.39 is 0 Å². The Balaban J connectivity index is 2.03. The quantitative estimate of drug-likeness (QED) is 0.482. The van der Waals surface area contributed by atoms with Crippen LogP contribution in [0.15, 0.2) is 0 Å². The molecule has 2 atom stereocenters. The fraction of sp³-hybridized carbons (Fsp3) is 0.857. The smallest absolute Gasteiger partial charge is 0.220 e. The van der Waals surface area contributed by atoms with Gasteiger partial charge >= 0.3 is 0 Å². The van der Waals surface area contributed by atoms with Crippen molar-refractivity contribution in [3.63, 3.8) is 0 Å². The van der Waals surface area contributed by atoms with Gasteiger partial charge in [0.1, 0.15) is 0 Å². The second-order valence-electron chi connectivity index (χ2n) is 3.06. The molecule has 0 aromatic rings. The van der Waals surface area contributed by atoms with Crippen LogP contribution >= 0.6 is 0 Å². The number of amides is 1. The summed E-state index contributed by atoms with van der Waals surface area (Å²) in [6.07, 6.45) is 2.83. The molecule has 0 spiro atoms. The molecular weight excluding hydrogens is 128 g/mol. The highest BCUT2D eigenvalue weighted by Crippen LogP contribution is 2.16. The molecule has 0 aliphatic carbocycles. The summed E-state index contributed by atoms with van der Waals surface area (Å²) in [6.45, 7) is 1.07. The van der Waals surface area contributed by atoms with E-state index in [0.29, 0.717) is 18.5 Å². The largest absolute Gasteiger partial charge is 0.352 e. The van der Waals surface area contributed by atoms with Gasteiger partial charge in [0.05, 0.1) is 0 Å². The number of carbonyl (C=O) groups is 1. The van der Waals surface area contributed by atoms with Crippen LogP contribution in [0, 0.1) is 0 Å². The van der Waals surface area contributed by atoms with E-state index in [1.807, 2.05) is 0 Å². The van der Waals surface area contributed by atoms with E-state index in [0.717, 1.165) is 19.4 Å². The van der Waals surface area contributed by atoms with Crippen LogP contribution in [-0.2, 0) is 4.79 Å². The molecular formula is C7H12N2O. The average molecular weight is 140 g/mol. The van der Waals surface area contributed by atoms with Gasteiger partial charge in [0.25, 0.3) is 0 Å². The minimum Gasteiger partial charge on any atom is -0.352 e. The Labute approximate surface area is 60.2 Å². The van der Waals surface area contributed by atoms with E-state index in [-0.39, 0.29) is 5.91 Å². The minimum atomic E-state index is 0.227.